The van der Waals surface area contributed by atoms with Crippen LogP contribution in [-0.4, -0.2) is 16.0 Å². The average Bonchev–Trinajstić information content (AvgIpc) is 2.66. The van der Waals surface area contributed by atoms with Crippen LogP contribution >= 0.6 is 15.9 Å². The molecule has 0 unspecified atom stereocenters. The first-order chi connectivity index (χ1) is 9.53. The fourth-order valence-corrected chi connectivity index (χ4v) is 5.84. The maximum absolute atomic E-state index is 12.6. The Labute approximate surface area is 128 Å². The van der Waals surface area contributed by atoms with Gasteiger partial charge in [0.05, 0.1) is 0 Å². The molecular formula is C16H21BrN2O. The van der Waals surface area contributed by atoms with Gasteiger partial charge in [0.1, 0.15) is 5.69 Å². The monoisotopic (exact) mass is 336 g/mol. The number of aromatic nitrogens is 1. The molecule has 0 aliphatic heterocycles. The summed E-state index contributed by atoms with van der Waals surface area (Å²) in [6.45, 7) is 0. The third kappa shape index (κ3) is 2.03. The van der Waals surface area contributed by atoms with Gasteiger partial charge in [-0.05, 0) is 78.3 Å². The molecule has 0 atom stereocenters. The molecule has 4 saturated carbocycles. The van der Waals surface area contributed by atoms with Crippen molar-refractivity contribution >= 4 is 21.8 Å². The summed E-state index contributed by atoms with van der Waals surface area (Å²) < 4.78 is 2.87. The lowest BCUT2D eigenvalue weighted by molar-refractivity contribution is -0.0168. The molecule has 0 saturated heterocycles. The molecule has 108 valence electrons. The minimum atomic E-state index is 0.0974. The van der Waals surface area contributed by atoms with E-state index in [2.05, 4.69) is 21.2 Å². The third-order valence-corrected chi connectivity index (χ3v) is 6.05. The van der Waals surface area contributed by atoms with Crippen LogP contribution in [0.15, 0.2) is 16.7 Å². The van der Waals surface area contributed by atoms with Crippen LogP contribution in [0, 0.1) is 17.8 Å². The largest absolute Gasteiger partial charge is 0.345 e. The van der Waals surface area contributed by atoms with Crippen LogP contribution < -0.4 is 5.32 Å². The lowest BCUT2D eigenvalue weighted by atomic mass is 9.53. The van der Waals surface area contributed by atoms with Crippen molar-refractivity contribution in [3.63, 3.8) is 0 Å². The van der Waals surface area contributed by atoms with Gasteiger partial charge in [0, 0.05) is 23.3 Å². The number of amides is 1. The number of rotatable bonds is 2. The smallest absolute Gasteiger partial charge is 0.268 e. The maximum atomic E-state index is 12.6. The maximum Gasteiger partial charge on any atom is 0.268 e. The Bertz CT molecular complexity index is 528. The van der Waals surface area contributed by atoms with E-state index >= 15 is 0 Å². The minimum absolute atomic E-state index is 0.0974. The molecule has 5 rings (SSSR count). The zero-order valence-corrected chi connectivity index (χ0v) is 13.4. The molecule has 4 bridgehead atoms. The number of aryl methyl sites for hydroxylation is 1. The number of hydrogen-bond donors (Lipinski definition) is 1. The Morgan fingerprint density at radius 3 is 2.25 bits per heavy atom. The molecule has 1 heterocycles. The Kier molecular flexibility index (Phi) is 2.82. The van der Waals surface area contributed by atoms with Crippen LogP contribution in [0.2, 0.25) is 0 Å². The highest BCUT2D eigenvalue weighted by atomic mass is 79.9. The van der Waals surface area contributed by atoms with Crippen molar-refractivity contribution in [3.05, 3.63) is 22.4 Å². The predicted octanol–water partition coefficient (Wildman–Crippen LogP) is 3.49. The van der Waals surface area contributed by atoms with Gasteiger partial charge in [-0.25, -0.2) is 0 Å². The summed E-state index contributed by atoms with van der Waals surface area (Å²) in [7, 11) is 1.93. The lowest BCUT2D eigenvalue weighted by Crippen LogP contribution is -2.60. The quantitative estimate of drug-likeness (QED) is 0.881. The molecule has 1 aromatic rings. The number of carbonyl (C=O) groups is 1. The number of carbonyl (C=O) groups excluding carboxylic acids is 1. The van der Waals surface area contributed by atoms with Gasteiger partial charge in [-0.1, -0.05) is 0 Å². The number of nitrogens with zero attached hydrogens (tertiary/aromatic N) is 1. The van der Waals surface area contributed by atoms with Crippen LogP contribution in [0.25, 0.3) is 0 Å². The summed E-state index contributed by atoms with van der Waals surface area (Å²) in [6.07, 6.45) is 9.78. The van der Waals surface area contributed by atoms with Crippen molar-refractivity contribution < 1.29 is 4.79 Å². The van der Waals surface area contributed by atoms with E-state index in [-0.39, 0.29) is 11.4 Å². The first-order valence-corrected chi connectivity index (χ1v) is 8.47. The highest BCUT2D eigenvalue weighted by molar-refractivity contribution is 9.10. The molecule has 1 N–H and O–H groups in total. The summed E-state index contributed by atoms with van der Waals surface area (Å²) in [5.41, 5.74) is 0.857. The SMILES string of the molecule is Cn1cc(Br)cc1C(=O)NC12CC3CC(CC(C3)C1)C2. The molecule has 0 radical (unpaired) electrons. The van der Waals surface area contributed by atoms with E-state index in [1.165, 1.54) is 38.5 Å². The summed E-state index contributed by atoms with van der Waals surface area (Å²) in [6, 6.07) is 1.91. The van der Waals surface area contributed by atoms with Crippen molar-refractivity contribution in [3.8, 4) is 0 Å². The summed E-state index contributed by atoms with van der Waals surface area (Å²) in [5.74, 6) is 2.69. The summed E-state index contributed by atoms with van der Waals surface area (Å²) >= 11 is 3.44. The first kappa shape index (κ1) is 12.9. The average molecular weight is 337 g/mol. The third-order valence-electron chi connectivity index (χ3n) is 5.62. The molecule has 1 aromatic heterocycles. The fourth-order valence-electron chi connectivity index (χ4n) is 5.32. The number of nitrogens with one attached hydrogen (secondary N) is 1. The summed E-state index contributed by atoms with van der Waals surface area (Å²) in [4.78, 5) is 12.6. The second kappa shape index (κ2) is 4.36. The van der Waals surface area contributed by atoms with Gasteiger partial charge in [-0.2, -0.15) is 0 Å². The Hall–Kier alpha value is -0.770. The van der Waals surface area contributed by atoms with E-state index in [0.717, 1.165) is 27.9 Å². The van der Waals surface area contributed by atoms with Gasteiger partial charge in [0.2, 0.25) is 0 Å². The fraction of sp³-hybridized carbons (Fsp3) is 0.688. The highest BCUT2D eigenvalue weighted by Crippen LogP contribution is 2.55. The molecular weight excluding hydrogens is 316 g/mol. The number of hydrogen-bond acceptors (Lipinski definition) is 1. The van der Waals surface area contributed by atoms with Gasteiger partial charge < -0.3 is 9.88 Å². The van der Waals surface area contributed by atoms with E-state index in [9.17, 15) is 4.79 Å². The second-order valence-electron chi connectivity index (χ2n) is 7.31. The molecule has 1 amide bonds. The van der Waals surface area contributed by atoms with Crippen LogP contribution in [0.5, 0.6) is 0 Å². The molecule has 3 nitrogen and oxygen atoms in total. The highest BCUT2D eigenvalue weighted by Gasteiger charge is 2.51. The van der Waals surface area contributed by atoms with Gasteiger partial charge >= 0.3 is 0 Å². The van der Waals surface area contributed by atoms with E-state index in [4.69, 9.17) is 0 Å². The van der Waals surface area contributed by atoms with Crippen molar-refractivity contribution in [2.75, 3.05) is 0 Å². The van der Waals surface area contributed by atoms with E-state index < -0.39 is 0 Å². The van der Waals surface area contributed by atoms with Crippen molar-refractivity contribution in [2.24, 2.45) is 24.8 Å². The normalized spacial score (nSPS) is 38.2. The first-order valence-electron chi connectivity index (χ1n) is 7.67. The topological polar surface area (TPSA) is 34.0 Å². The van der Waals surface area contributed by atoms with Crippen LogP contribution in [0.1, 0.15) is 49.0 Å². The molecule has 4 aliphatic rings. The van der Waals surface area contributed by atoms with E-state index in [1.807, 2.05) is 23.9 Å². The molecule has 4 aliphatic carbocycles. The zero-order chi connectivity index (χ0) is 13.9. The van der Waals surface area contributed by atoms with E-state index in [0.29, 0.717) is 0 Å². The van der Waals surface area contributed by atoms with Crippen molar-refractivity contribution in [1.29, 1.82) is 0 Å². The Morgan fingerprint density at radius 2 is 1.80 bits per heavy atom. The minimum Gasteiger partial charge on any atom is -0.345 e. The summed E-state index contributed by atoms with van der Waals surface area (Å²) in [5, 5.41) is 3.41. The Morgan fingerprint density at radius 1 is 1.25 bits per heavy atom. The van der Waals surface area contributed by atoms with Gasteiger partial charge in [0.25, 0.3) is 5.91 Å². The lowest BCUT2D eigenvalue weighted by Gasteiger charge is -2.56. The Balaban J connectivity index is 1.57. The van der Waals surface area contributed by atoms with Crippen molar-refractivity contribution in [1.82, 2.24) is 9.88 Å². The van der Waals surface area contributed by atoms with E-state index in [1.54, 1.807) is 0 Å². The molecule has 4 fully saturated rings. The predicted molar refractivity (Wildman–Crippen MR) is 81.5 cm³/mol. The van der Waals surface area contributed by atoms with Crippen molar-refractivity contribution in [2.45, 2.75) is 44.1 Å². The molecule has 20 heavy (non-hydrogen) atoms. The standard InChI is InChI=1S/C16H21BrN2O/c1-19-9-13(17)5-14(19)15(20)18-16-6-10-2-11(7-16)4-12(3-10)8-16/h5,9-12H,2-4,6-8H2,1H3,(H,18,20). The van der Waals surface area contributed by atoms with Gasteiger partial charge in [-0.3, -0.25) is 4.79 Å². The number of halogens is 1. The molecule has 0 spiro atoms. The van der Waals surface area contributed by atoms with Crippen LogP contribution in [-0.2, 0) is 7.05 Å². The van der Waals surface area contributed by atoms with Crippen LogP contribution in [0.4, 0.5) is 0 Å². The molecule has 4 heteroatoms. The van der Waals surface area contributed by atoms with Gasteiger partial charge in [0.15, 0.2) is 0 Å². The zero-order valence-electron chi connectivity index (χ0n) is 11.9. The second-order valence-corrected chi connectivity index (χ2v) is 8.22. The molecule has 0 aromatic carbocycles. The van der Waals surface area contributed by atoms with Gasteiger partial charge in [-0.15, -0.1) is 0 Å². The van der Waals surface area contributed by atoms with Crippen LogP contribution in [0.3, 0.4) is 0 Å².